The Bertz CT molecular complexity index is 1310. The van der Waals surface area contributed by atoms with Gasteiger partial charge in [0.05, 0.1) is 19.8 Å². The largest absolute Gasteiger partial charge is 0.457 e. The minimum absolute atomic E-state index is 0.0394. The Morgan fingerprint density at radius 2 is 0.943 bits per heavy atom. The molecule has 1 aliphatic heterocycles. The second kappa shape index (κ2) is 48.5. The lowest BCUT2D eigenvalue weighted by atomic mass is 9.99. The minimum Gasteiger partial charge on any atom is -0.457 e. The Kier molecular flexibility index (Phi) is 46.2. The first kappa shape index (κ1) is 66.6. The maximum absolute atomic E-state index is 12.9. The van der Waals surface area contributed by atoms with Crippen LogP contribution in [0.1, 0.15) is 271 Å². The second-order valence-electron chi connectivity index (χ2n) is 20.2. The van der Waals surface area contributed by atoms with Gasteiger partial charge in [0.25, 0.3) is 0 Å². The summed E-state index contributed by atoms with van der Waals surface area (Å²) in [7, 11) is -5.07. The van der Waals surface area contributed by atoms with Crippen LogP contribution < -0.4 is 0 Å². The summed E-state index contributed by atoms with van der Waals surface area (Å²) in [5.41, 5.74) is 0. The predicted molar refractivity (Wildman–Crippen MR) is 285 cm³/mol. The number of allylic oxidation sites excluding steroid dienone is 4. The van der Waals surface area contributed by atoms with Gasteiger partial charge in [-0.3, -0.25) is 9.35 Å². The Balaban J connectivity index is 2.28. The van der Waals surface area contributed by atoms with E-state index in [1.807, 2.05) is 0 Å². The van der Waals surface area contributed by atoms with E-state index in [2.05, 4.69) is 42.3 Å². The lowest BCUT2D eigenvalue weighted by molar-refractivity contribution is -0.301. The SMILES string of the molecule is CCCCC/C=C\C/C=C\CCCCCCCCCCCC(=O)OC(COCCCCCCCCCCCCCCCCCCCCCCCCCC)COC1OC(CO)C(O)C(OS(=O)(=O)O)C1O. The van der Waals surface area contributed by atoms with Crippen molar-refractivity contribution in [2.24, 2.45) is 0 Å². The molecule has 1 saturated heterocycles. The number of carbonyl (C=O) groups excluding carboxylic acids is 1. The summed E-state index contributed by atoms with van der Waals surface area (Å²) in [6.07, 6.45) is 49.3. The van der Waals surface area contributed by atoms with Crippen LogP contribution in [0.15, 0.2) is 24.3 Å². The van der Waals surface area contributed by atoms with E-state index >= 15 is 0 Å². The number of carbonyl (C=O) groups is 1. The quantitative estimate of drug-likeness (QED) is 0.0196. The summed E-state index contributed by atoms with van der Waals surface area (Å²) in [5.74, 6) is -0.398. The zero-order valence-corrected chi connectivity index (χ0v) is 45.7. The van der Waals surface area contributed by atoms with Crippen LogP contribution >= 0.6 is 0 Å². The molecule has 0 saturated carbocycles. The van der Waals surface area contributed by atoms with Crippen molar-refractivity contribution in [3.63, 3.8) is 0 Å². The molecular weight excluding hydrogens is 909 g/mol. The van der Waals surface area contributed by atoms with Crippen LogP contribution in [0.2, 0.25) is 0 Å². The smallest absolute Gasteiger partial charge is 0.397 e. The van der Waals surface area contributed by atoms with Crippen molar-refractivity contribution >= 4 is 16.4 Å². The lowest BCUT2D eigenvalue weighted by Gasteiger charge is -2.41. The maximum Gasteiger partial charge on any atom is 0.397 e. The van der Waals surface area contributed by atoms with Crippen molar-refractivity contribution in [3.05, 3.63) is 24.3 Å². The van der Waals surface area contributed by atoms with Gasteiger partial charge in [0, 0.05) is 13.0 Å². The molecule has 6 atom stereocenters. The van der Waals surface area contributed by atoms with Gasteiger partial charge in [-0.15, -0.1) is 0 Å². The molecule has 0 bridgehead atoms. The third-order valence-electron chi connectivity index (χ3n) is 13.6. The highest BCUT2D eigenvalue weighted by Crippen LogP contribution is 2.26. The molecule has 1 heterocycles. The average Bonchev–Trinajstić information content (AvgIpc) is 3.34. The monoisotopic (exact) mass is 1020 g/mol. The topological polar surface area (TPSA) is 178 Å². The van der Waals surface area contributed by atoms with Crippen LogP contribution in [0.25, 0.3) is 0 Å². The van der Waals surface area contributed by atoms with Crippen molar-refractivity contribution in [1.82, 2.24) is 0 Å². The zero-order valence-electron chi connectivity index (χ0n) is 44.8. The number of ether oxygens (including phenoxy) is 4. The Morgan fingerprint density at radius 3 is 1.39 bits per heavy atom. The first-order chi connectivity index (χ1) is 34.1. The van der Waals surface area contributed by atoms with Crippen LogP contribution in [0.5, 0.6) is 0 Å². The van der Waals surface area contributed by atoms with Gasteiger partial charge in [0.1, 0.15) is 30.5 Å². The average molecular weight is 1020 g/mol. The van der Waals surface area contributed by atoms with E-state index in [0.29, 0.717) is 13.0 Å². The Morgan fingerprint density at radius 1 is 0.543 bits per heavy atom. The molecule has 6 unspecified atom stereocenters. The molecule has 0 aliphatic carbocycles. The number of esters is 1. The number of aliphatic hydroxyl groups excluding tert-OH is 3. The van der Waals surface area contributed by atoms with Crippen LogP contribution in [-0.2, 0) is 38.3 Å². The molecule has 0 aromatic carbocycles. The van der Waals surface area contributed by atoms with E-state index in [1.54, 1.807) is 0 Å². The first-order valence-corrected chi connectivity index (χ1v) is 30.5. The van der Waals surface area contributed by atoms with Crippen molar-refractivity contribution in [1.29, 1.82) is 0 Å². The normalized spacial score (nSPS) is 19.2. The van der Waals surface area contributed by atoms with Crippen molar-refractivity contribution in [3.8, 4) is 0 Å². The maximum atomic E-state index is 12.9. The van der Waals surface area contributed by atoms with Gasteiger partial charge in [0.2, 0.25) is 0 Å². The van der Waals surface area contributed by atoms with Gasteiger partial charge in [-0.1, -0.05) is 244 Å². The molecule has 1 fully saturated rings. The Labute approximate surface area is 429 Å². The fraction of sp³-hybridized carbons (Fsp3) is 0.912. The number of rotatable bonds is 52. The van der Waals surface area contributed by atoms with E-state index in [0.717, 1.165) is 51.4 Å². The Hall–Kier alpha value is -1.42. The van der Waals surface area contributed by atoms with E-state index in [1.165, 1.54) is 193 Å². The summed E-state index contributed by atoms with van der Waals surface area (Å²) in [6, 6.07) is 0. The van der Waals surface area contributed by atoms with Crippen molar-refractivity contribution < 1.29 is 56.2 Å². The molecule has 0 aromatic heterocycles. The van der Waals surface area contributed by atoms with Gasteiger partial charge < -0.3 is 34.3 Å². The molecule has 0 amide bonds. The van der Waals surface area contributed by atoms with E-state index in [-0.39, 0.29) is 19.6 Å². The summed E-state index contributed by atoms with van der Waals surface area (Å²) < 4.78 is 59.4. The molecule has 13 heteroatoms. The highest BCUT2D eigenvalue weighted by atomic mass is 32.3. The molecule has 0 aromatic rings. The molecule has 414 valence electrons. The molecule has 0 spiro atoms. The molecule has 0 radical (unpaired) electrons. The van der Waals surface area contributed by atoms with Gasteiger partial charge >= 0.3 is 16.4 Å². The number of hydrogen-bond donors (Lipinski definition) is 4. The lowest BCUT2D eigenvalue weighted by Crippen LogP contribution is -2.60. The highest BCUT2D eigenvalue weighted by molar-refractivity contribution is 7.80. The fourth-order valence-electron chi connectivity index (χ4n) is 9.18. The summed E-state index contributed by atoms with van der Waals surface area (Å²) in [4.78, 5) is 12.9. The van der Waals surface area contributed by atoms with Gasteiger partial charge in [-0.2, -0.15) is 8.42 Å². The summed E-state index contributed by atoms with van der Waals surface area (Å²) >= 11 is 0. The molecule has 1 aliphatic rings. The van der Waals surface area contributed by atoms with Gasteiger partial charge in [-0.25, -0.2) is 4.18 Å². The summed E-state index contributed by atoms with van der Waals surface area (Å²) in [5, 5.41) is 30.8. The minimum atomic E-state index is -5.07. The van der Waals surface area contributed by atoms with Crippen molar-refractivity contribution in [2.75, 3.05) is 26.4 Å². The third-order valence-corrected chi connectivity index (χ3v) is 14.0. The van der Waals surface area contributed by atoms with Crippen LogP contribution in [0.3, 0.4) is 0 Å². The zero-order chi connectivity index (χ0) is 51.0. The number of hydrogen-bond acceptors (Lipinski definition) is 11. The molecule has 70 heavy (non-hydrogen) atoms. The number of unbranched alkanes of at least 4 members (excludes halogenated alkanes) is 35. The van der Waals surface area contributed by atoms with Crippen LogP contribution in [-0.4, -0.2) is 97.5 Å². The van der Waals surface area contributed by atoms with Crippen LogP contribution in [0, 0.1) is 0 Å². The molecule has 12 nitrogen and oxygen atoms in total. The van der Waals surface area contributed by atoms with Crippen LogP contribution in [0.4, 0.5) is 0 Å². The van der Waals surface area contributed by atoms with Gasteiger partial charge in [0.15, 0.2) is 6.29 Å². The molecule has 4 N–H and O–H groups in total. The van der Waals surface area contributed by atoms with E-state index in [4.69, 9.17) is 18.9 Å². The summed E-state index contributed by atoms with van der Waals surface area (Å²) in [6.45, 7) is 4.03. The van der Waals surface area contributed by atoms with E-state index in [9.17, 15) is 33.1 Å². The fourth-order valence-corrected chi connectivity index (χ4v) is 9.69. The molecule has 1 rings (SSSR count). The van der Waals surface area contributed by atoms with Gasteiger partial charge in [-0.05, 0) is 44.9 Å². The van der Waals surface area contributed by atoms with E-state index < -0.39 is 59.8 Å². The standard InChI is InChI=1S/C57H108O12S/c1-3-5-7-9-11-13-15-17-19-21-23-24-25-26-27-29-31-33-35-37-39-41-43-45-47-65-49-51(50-66-57-55(61)56(69-70(62,63)64)54(60)52(48-58)68-57)67-53(59)46-44-42-40-38-36-34-32-30-28-22-20-18-16-14-12-10-8-6-4-2/h12,14,18,20,51-52,54-58,60-61H,3-11,13,15-17,19,21-50H2,1-2H3,(H,62,63,64)/b14-12-,20-18-. The predicted octanol–water partition coefficient (Wildman–Crippen LogP) is 14.3. The first-order valence-electron chi connectivity index (χ1n) is 29.1. The number of aliphatic hydroxyl groups is 3. The van der Waals surface area contributed by atoms with Crippen molar-refractivity contribution in [2.45, 2.75) is 307 Å². The molecular formula is C57H108O12S. The second-order valence-corrected chi connectivity index (χ2v) is 21.3. The highest BCUT2D eigenvalue weighted by Gasteiger charge is 2.48. The third kappa shape index (κ3) is 41.0.